The molecule has 1 fully saturated rings. The Bertz CT molecular complexity index is 1050. The molecule has 0 unspecified atom stereocenters. The molecule has 1 aliphatic rings. The third-order valence-electron chi connectivity index (χ3n) is 3.42. The lowest BCUT2D eigenvalue weighted by atomic mass is 10.2. The topological polar surface area (TPSA) is 81.7 Å². The molecule has 2 aromatic carbocycles. The molecule has 0 spiro atoms. The van der Waals surface area contributed by atoms with Crippen molar-refractivity contribution in [3.63, 3.8) is 0 Å². The van der Waals surface area contributed by atoms with Crippen LogP contribution < -0.4 is 14.2 Å². The number of nitrogens with one attached hydrogen (secondary N) is 1. The molecule has 2 aromatic rings. The third kappa shape index (κ3) is 4.52. The first-order chi connectivity index (χ1) is 12.8. The molecule has 27 heavy (non-hydrogen) atoms. The Balaban J connectivity index is 1.97. The van der Waals surface area contributed by atoms with Crippen molar-refractivity contribution in [2.75, 3.05) is 7.11 Å². The molecule has 3 rings (SSSR count). The summed E-state index contributed by atoms with van der Waals surface area (Å²) in [6.07, 6.45) is 1.63. The average Bonchev–Trinajstić information content (AvgIpc) is 2.94. The zero-order valence-corrected chi connectivity index (χ0v) is 17.8. The van der Waals surface area contributed by atoms with Gasteiger partial charge >= 0.3 is 10.1 Å². The number of methoxy groups -OCH3 is 1. The predicted octanol–water partition coefficient (Wildman–Crippen LogP) is 3.71. The van der Waals surface area contributed by atoms with Crippen LogP contribution in [0.2, 0.25) is 0 Å². The monoisotopic (exact) mass is 485 g/mol. The molecule has 140 valence electrons. The number of hydrogen-bond donors (Lipinski definition) is 1. The fraction of sp³-hybridized carbons (Fsp3) is 0.0588. The van der Waals surface area contributed by atoms with E-state index in [1.54, 1.807) is 36.4 Å². The van der Waals surface area contributed by atoms with Crippen LogP contribution in [0.4, 0.5) is 0 Å². The van der Waals surface area contributed by atoms with Crippen molar-refractivity contribution >= 4 is 66.3 Å². The lowest BCUT2D eigenvalue weighted by Crippen LogP contribution is -2.17. The van der Waals surface area contributed by atoms with Crippen molar-refractivity contribution in [3.05, 3.63) is 57.4 Å². The molecule has 1 N–H and O–H groups in total. The molecule has 10 heteroatoms. The highest BCUT2D eigenvalue weighted by Gasteiger charge is 2.24. The largest absolute Gasteiger partial charge is 0.493 e. The van der Waals surface area contributed by atoms with Gasteiger partial charge in [-0.2, -0.15) is 8.42 Å². The SMILES string of the molecule is COc1cc(C=C2SC(=S)NC2=O)cc(Br)c1OS(=O)(=O)c1ccccc1. The van der Waals surface area contributed by atoms with E-state index in [4.69, 9.17) is 21.1 Å². The van der Waals surface area contributed by atoms with E-state index in [-0.39, 0.29) is 22.3 Å². The fourth-order valence-corrected chi connectivity index (χ4v) is 4.89. The quantitative estimate of drug-likeness (QED) is 0.392. The normalized spacial score (nSPS) is 15.7. The molecule has 0 radical (unpaired) electrons. The summed E-state index contributed by atoms with van der Waals surface area (Å²) in [5.74, 6) is -0.0728. The first-order valence-corrected chi connectivity index (χ1v) is 10.8. The minimum Gasteiger partial charge on any atom is -0.493 e. The number of benzene rings is 2. The van der Waals surface area contributed by atoms with Crippen molar-refractivity contribution in [2.45, 2.75) is 4.90 Å². The molecule has 1 amide bonds. The van der Waals surface area contributed by atoms with Crippen LogP contribution >= 0.6 is 39.9 Å². The molecule has 0 saturated carbocycles. The summed E-state index contributed by atoms with van der Waals surface area (Å²) in [4.78, 5) is 12.3. The number of carbonyl (C=O) groups is 1. The van der Waals surface area contributed by atoms with E-state index in [0.29, 0.717) is 19.3 Å². The van der Waals surface area contributed by atoms with E-state index < -0.39 is 10.1 Å². The van der Waals surface area contributed by atoms with Gasteiger partial charge in [-0.05, 0) is 51.8 Å². The second kappa shape index (κ2) is 8.01. The zero-order chi connectivity index (χ0) is 19.6. The minimum atomic E-state index is -4.03. The summed E-state index contributed by atoms with van der Waals surface area (Å²) in [7, 11) is -2.63. The highest BCUT2D eigenvalue weighted by molar-refractivity contribution is 9.10. The van der Waals surface area contributed by atoms with E-state index in [9.17, 15) is 13.2 Å². The third-order valence-corrected chi connectivity index (χ3v) is 6.40. The van der Waals surface area contributed by atoms with Crippen LogP contribution in [0.3, 0.4) is 0 Å². The maximum atomic E-state index is 12.5. The van der Waals surface area contributed by atoms with Gasteiger partial charge in [0, 0.05) is 0 Å². The number of carbonyl (C=O) groups excluding carboxylic acids is 1. The molecular formula is C17H12BrNO5S3. The van der Waals surface area contributed by atoms with Gasteiger partial charge in [-0.1, -0.05) is 42.2 Å². The molecule has 1 saturated heterocycles. The summed E-state index contributed by atoms with van der Waals surface area (Å²) in [5.41, 5.74) is 0.616. The minimum absolute atomic E-state index is 0.0163. The second-order valence-electron chi connectivity index (χ2n) is 5.24. The number of thioether (sulfide) groups is 1. The van der Waals surface area contributed by atoms with Gasteiger partial charge in [0.15, 0.2) is 11.5 Å². The number of ether oxygens (including phenoxy) is 1. The lowest BCUT2D eigenvalue weighted by Gasteiger charge is -2.13. The van der Waals surface area contributed by atoms with Gasteiger partial charge in [-0.25, -0.2) is 0 Å². The zero-order valence-electron chi connectivity index (χ0n) is 13.8. The van der Waals surface area contributed by atoms with Crippen molar-refractivity contribution in [2.24, 2.45) is 0 Å². The van der Waals surface area contributed by atoms with Crippen molar-refractivity contribution in [3.8, 4) is 11.5 Å². The van der Waals surface area contributed by atoms with Gasteiger partial charge in [-0.15, -0.1) is 0 Å². The van der Waals surface area contributed by atoms with Gasteiger partial charge in [0.1, 0.15) is 9.22 Å². The second-order valence-corrected chi connectivity index (χ2v) is 9.36. The Morgan fingerprint density at radius 3 is 2.52 bits per heavy atom. The fourth-order valence-electron chi connectivity index (χ4n) is 2.22. The summed E-state index contributed by atoms with van der Waals surface area (Å²) in [6, 6.07) is 11.0. The number of thiocarbonyl (C=S) groups is 1. The van der Waals surface area contributed by atoms with Gasteiger partial charge in [-0.3, -0.25) is 4.79 Å². The summed E-state index contributed by atoms with van der Waals surface area (Å²) >= 11 is 9.42. The van der Waals surface area contributed by atoms with Crippen LogP contribution in [0, 0.1) is 0 Å². The Morgan fingerprint density at radius 2 is 1.93 bits per heavy atom. The predicted molar refractivity (Wildman–Crippen MR) is 111 cm³/mol. The average molecular weight is 486 g/mol. The molecule has 1 heterocycles. The van der Waals surface area contributed by atoms with E-state index in [1.165, 1.54) is 19.2 Å². The van der Waals surface area contributed by atoms with Crippen LogP contribution in [-0.4, -0.2) is 25.8 Å². The molecule has 1 aliphatic heterocycles. The van der Waals surface area contributed by atoms with Crippen molar-refractivity contribution in [1.29, 1.82) is 0 Å². The van der Waals surface area contributed by atoms with E-state index in [1.807, 2.05) is 0 Å². The highest BCUT2D eigenvalue weighted by atomic mass is 79.9. The Morgan fingerprint density at radius 1 is 1.22 bits per heavy atom. The number of halogens is 1. The maximum Gasteiger partial charge on any atom is 0.339 e. The lowest BCUT2D eigenvalue weighted by molar-refractivity contribution is -0.115. The maximum absolute atomic E-state index is 12.5. The Kier molecular flexibility index (Phi) is 5.89. The van der Waals surface area contributed by atoms with Crippen LogP contribution in [0.25, 0.3) is 6.08 Å². The first-order valence-electron chi connectivity index (χ1n) is 7.42. The van der Waals surface area contributed by atoms with Crippen LogP contribution in [0.1, 0.15) is 5.56 Å². The molecule has 0 aromatic heterocycles. The van der Waals surface area contributed by atoms with Gasteiger partial charge in [0.25, 0.3) is 5.91 Å². The Labute approximate surface area is 174 Å². The number of rotatable bonds is 5. The summed E-state index contributed by atoms with van der Waals surface area (Å²) in [6.45, 7) is 0. The van der Waals surface area contributed by atoms with Crippen LogP contribution in [0.15, 0.2) is 56.7 Å². The summed E-state index contributed by atoms with van der Waals surface area (Å²) < 4.78 is 36.3. The molecular weight excluding hydrogens is 474 g/mol. The van der Waals surface area contributed by atoms with Gasteiger partial charge in [0.2, 0.25) is 0 Å². The molecule has 6 nitrogen and oxygen atoms in total. The highest BCUT2D eigenvalue weighted by Crippen LogP contribution is 2.39. The van der Waals surface area contributed by atoms with Crippen molar-refractivity contribution < 1.29 is 22.1 Å². The molecule has 0 aliphatic carbocycles. The number of hydrogen-bond acceptors (Lipinski definition) is 7. The van der Waals surface area contributed by atoms with Crippen LogP contribution in [-0.2, 0) is 14.9 Å². The van der Waals surface area contributed by atoms with E-state index in [2.05, 4.69) is 21.2 Å². The molecule has 0 bridgehead atoms. The number of amides is 1. The Hall–Kier alpha value is -1.88. The standard InChI is InChI=1S/C17H12BrNO5S3/c1-23-13-8-10(9-14-16(20)19-17(25)26-14)7-12(18)15(13)24-27(21,22)11-5-3-2-4-6-11/h2-9H,1H3,(H,19,20,25). The first kappa shape index (κ1) is 19.9. The summed E-state index contributed by atoms with van der Waals surface area (Å²) in [5, 5.41) is 2.53. The van der Waals surface area contributed by atoms with Crippen LogP contribution in [0.5, 0.6) is 11.5 Å². The van der Waals surface area contributed by atoms with Crippen molar-refractivity contribution in [1.82, 2.24) is 5.32 Å². The molecule has 0 atom stereocenters. The van der Waals surface area contributed by atoms with Gasteiger partial charge < -0.3 is 14.2 Å². The van der Waals surface area contributed by atoms with E-state index in [0.717, 1.165) is 11.8 Å². The van der Waals surface area contributed by atoms with Gasteiger partial charge in [0.05, 0.1) is 16.5 Å². The smallest absolute Gasteiger partial charge is 0.339 e. The van der Waals surface area contributed by atoms with E-state index >= 15 is 0 Å².